The molecule has 1 amide bonds. The van der Waals surface area contributed by atoms with E-state index < -0.39 is 81.5 Å². The summed E-state index contributed by atoms with van der Waals surface area (Å²) in [5, 5.41) is 2.25. The number of hydrogen-bond acceptors (Lipinski definition) is 2. The summed E-state index contributed by atoms with van der Waals surface area (Å²) in [4.78, 5) is 17.3. The van der Waals surface area contributed by atoms with E-state index in [1.165, 1.54) is 24.3 Å². The highest BCUT2D eigenvalue weighted by atomic mass is 19.4. The summed E-state index contributed by atoms with van der Waals surface area (Å²) in [7, 11) is 0. The minimum Gasteiger partial charge on any atom is -0.337 e. The SMILES string of the molecule is O=C(NC(Cc1ccccc1)(c1cc(F)cc(C(F)(F)F)c1)c1cc(C(F)(F)F)ccn1)c1ccc(C(F)(F)F)c(F)c1. The zero-order valence-corrected chi connectivity index (χ0v) is 21.3. The predicted molar refractivity (Wildman–Crippen MR) is 130 cm³/mol. The van der Waals surface area contributed by atoms with Gasteiger partial charge >= 0.3 is 18.5 Å². The van der Waals surface area contributed by atoms with Crippen LogP contribution in [0.15, 0.2) is 85.1 Å². The van der Waals surface area contributed by atoms with Crippen LogP contribution in [0.2, 0.25) is 0 Å². The van der Waals surface area contributed by atoms with Crippen LogP contribution in [-0.2, 0) is 30.5 Å². The van der Waals surface area contributed by atoms with Crippen LogP contribution < -0.4 is 5.32 Å². The van der Waals surface area contributed by atoms with Gasteiger partial charge in [0.1, 0.15) is 17.2 Å². The number of carbonyl (C=O) groups excluding carboxylic acids is 1. The van der Waals surface area contributed by atoms with Crippen molar-refractivity contribution in [3.05, 3.63) is 136 Å². The van der Waals surface area contributed by atoms with Crippen molar-refractivity contribution in [3.63, 3.8) is 0 Å². The van der Waals surface area contributed by atoms with Gasteiger partial charge < -0.3 is 5.32 Å². The molecule has 4 aromatic rings. The van der Waals surface area contributed by atoms with E-state index in [4.69, 9.17) is 0 Å². The van der Waals surface area contributed by atoms with Gasteiger partial charge in [0.25, 0.3) is 5.91 Å². The van der Waals surface area contributed by atoms with Crippen LogP contribution in [0.1, 0.15) is 43.9 Å². The van der Waals surface area contributed by atoms with Crippen LogP contribution in [0.5, 0.6) is 0 Å². The van der Waals surface area contributed by atoms with Crippen LogP contribution in [-0.4, -0.2) is 10.9 Å². The molecule has 0 saturated heterocycles. The molecule has 1 N–H and O–H groups in total. The fourth-order valence-electron chi connectivity index (χ4n) is 4.42. The second-order valence-electron chi connectivity index (χ2n) is 9.37. The van der Waals surface area contributed by atoms with Gasteiger partial charge in [0.15, 0.2) is 0 Å². The minimum absolute atomic E-state index is 0.128. The Bertz CT molecular complexity index is 1630. The van der Waals surface area contributed by atoms with E-state index in [9.17, 15) is 53.1 Å². The number of alkyl halides is 9. The van der Waals surface area contributed by atoms with Gasteiger partial charge in [-0.2, -0.15) is 39.5 Å². The molecular formula is C29H17F11N2O. The van der Waals surface area contributed by atoms with Gasteiger partial charge in [0, 0.05) is 18.2 Å². The van der Waals surface area contributed by atoms with E-state index in [0.717, 1.165) is 0 Å². The van der Waals surface area contributed by atoms with Crippen molar-refractivity contribution in [2.75, 3.05) is 0 Å². The van der Waals surface area contributed by atoms with E-state index in [0.29, 0.717) is 36.5 Å². The summed E-state index contributed by atoms with van der Waals surface area (Å²) in [6, 6.07) is 10.4. The van der Waals surface area contributed by atoms with Crippen molar-refractivity contribution < 1.29 is 53.1 Å². The third-order valence-electron chi connectivity index (χ3n) is 6.42. The molecule has 1 heterocycles. The summed E-state index contributed by atoms with van der Waals surface area (Å²) in [5.41, 5.74) is -9.03. The molecule has 0 radical (unpaired) electrons. The standard InChI is InChI=1S/C29H17F11N2O/c30-21-12-19(11-20(13-21)28(35,36)37)26(15-16-4-2-1-3-5-16,24-14-18(8-9-41-24)27(32,33)34)42-25(43)17-6-7-22(23(31)10-17)29(38,39)40/h1-14H,15H2,(H,42,43). The monoisotopic (exact) mass is 618 g/mol. The van der Waals surface area contributed by atoms with Gasteiger partial charge in [-0.3, -0.25) is 9.78 Å². The average molecular weight is 618 g/mol. The molecule has 4 rings (SSSR count). The molecule has 226 valence electrons. The van der Waals surface area contributed by atoms with Gasteiger partial charge in [0.05, 0.1) is 22.4 Å². The Kier molecular flexibility index (Phi) is 8.27. The molecule has 14 heteroatoms. The van der Waals surface area contributed by atoms with Crippen LogP contribution in [0, 0.1) is 11.6 Å². The van der Waals surface area contributed by atoms with Gasteiger partial charge in [-0.25, -0.2) is 8.78 Å². The Morgan fingerprint density at radius 2 is 1.30 bits per heavy atom. The second-order valence-corrected chi connectivity index (χ2v) is 9.37. The fraction of sp³-hybridized carbons (Fsp3) is 0.172. The Labute approximate surface area is 236 Å². The highest BCUT2D eigenvalue weighted by Gasteiger charge is 2.43. The van der Waals surface area contributed by atoms with Crippen molar-refractivity contribution in [1.29, 1.82) is 0 Å². The number of pyridine rings is 1. The molecule has 0 aliphatic heterocycles. The first kappa shape index (κ1) is 31.4. The Hall–Kier alpha value is -4.49. The smallest absolute Gasteiger partial charge is 0.337 e. The molecule has 0 aliphatic carbocycles. The first-order chi connectivity index (χ1) is 19.9. The van der Waals surface area contributed by atoms with Gasteiger partial charge in [-0.05, 0) is 59.7 Å². The summed E-state index contributed by atoms with van der Waals surface area (Å²) in [5.74, 6) is -4.74. The lowest BCUT2D eigenvalue weighted by Gasteiger charge is -2.36. The van der Waals surface area contributed by atoms with E-state index in [2.05, 4.69) is 10.3 Å². The van der Waals surface area contributed by atoms with Crippen molar-refractivity contribution in [2.45, 2.75) is 30.5 Å². The maximum absolute atomic E-state index is 14.7. The number of aromatic nitrogens is 1. The highest BCUT2D eigenvalue weighted by Crippen LogP contribution is 2.40. The summed E-state index contributed by atoms with van der Waals surface area (Å²) in [6.45, 7) is 0. The Morgan fingerprint density at radius 3 is 1.88 bits per heavy atom. The zero-order valence-electron chi connectivity index (χ0n) is 21.3. The number of benzene rings is 3. The molecule has 43 heavy (non-hydrogen) atoms. The second kappa shape index (κ2) is 11.3. The molecule has 0 saturated carbocycles. The van der Waals surface area contributed by atoms with E-state index in [1.54, 1.807) is 6.07 Å². The Morgan fingerprint density at radius 1 is 0.674 bits per heavy atom. The molecule has 0 spiro atoms. The molecule has 1 unspecified atom stereocenters. The first-order valence-corrected chi connectivity index (χ1v) is 12.1. The maximum atomic E-state index is 14.7. The van der Waals surface area contributed by atoms with Gasteiger partial charge in [0.2, 0.25) is 0 Å². The van der Waals surface area contributed by atoms with Crippen LogP contribution in [0.25, 0.3) is 0 Å². The van der Waals surface area contributed by atoms with Crippen molar-refractivity contribution >= 4 is 5.91 Å². The molecule has 3 aromatic carbocycles. The van der Waals surface area contributed by atoms with Crippen LogP contribution >= 0.6 is 0 Å². The lowest BCUT2D eigenvalue weighted by Crippen LogP contribution is -2.49. The average Bonchev–Trinajstić information content (AvgIpc) is 2.91. The quantitative estimate of drug-likeness (QED) is 0.221. The number of rotatable bonds is 6. The Balaban J connectivity index is 2.01. The molecule has 0 fully saturated rings. The lowest BCUT2D eigenvalue weighted by atomic mass is 9.79. The van der Waals surface area contributed by atoms with Gasteiger partial charge in [-0.15, -0.1) is 0 Å². The van der Waals surface area contributed by atoms with E-state index >= 15 is 0 Å². The molecular weight excluding hydrogens is 601 g/mol. The summed E-state index contributed by atoms with van der Waals surface area (Å²) >= 11 is 0. The van der Waals surface area contributed by atoms with Crippen LogP contribution in [0.3, 0.4) is 0 Å². The van der Waals surface area contributed by atoms with Crippen molar-refractivity contribution in [2.24, 2.45) is 0 Å². The largest absolute Gasteiger partial charge is 0.419 e. The number of hydrogen-bond donors (Lipinski definition) is 1. The van der Waals surface area contributed by atoms with Crippen molar-refractivity contribution in [3.8, 4) is 0 Å². The number of amides is 1. The predicted octanol–water partition coefficient (Wildman–Crippen LogP) is 8.33. The summed E-state index contributed by atoms with van der Waals surface area (Å²) in [6.07, 6.45) is -15.2. The number of nitrogens with one attached hydrogen (secondary N) is 1. The lowest BCUT2D eigenvalue weighted by molar-refractivity contribution is -0.140. The van der Waals surface area contributed by atoms with Crippen LogP contribution in [0.4, 0.5) is 48.3 Å². The van der Waals surface area contributed by atoms with E-state index in [1.807, 2.05) is 0 Å². The maximum Gasteiger partial charge on any atom is 0.419 e. The van der Waals surface area contributed by atoms with E-state index in [-0.39, 0.29) is 23.8 Å². The topological polar surface area (TPSA) is 42.0 Å². The fourth-order valence-corrected chi connectivity index (χ4v) is 4.42. The zero-order chi connectivity index (χ0) is 31.8. The van der Waals surface area contributed by atoms with Gasteiger partial charge in [-0.1, -0.05) is 30.3 Å². The summed E-state index contributed by atoms with van der Waals surface area (Å²) < 4.78 is 151. The number of carbonyl (C=O) groups is 1. The molecule has 3 nitrogen and oxygen atoms in total. The minimum atomic E-state index is -5.14. The third-order valence-corrected chi connectivity index (χ3v) is 6.42. The molecule has 1 aromatic heterocycles. The molecule has 0 bridgehead atoms. The number of halogens is 11. The first-order valence-electron chi connectivity index (χ1n) is 12.1. The highest BCUT2D eigenvalue weighted by molar-refractivity contribution is 5.95. The molecule has 1 atom stereocenters. The normalized spacial score (nSPS) is 13.8. The molecule has 0 aliphatic rings. The number of nitrogens with zero attached hydrogens (tertiary/aromatic N) is 1. The van der Waals surface area contributed by atoms with Crippen molar-refractivity contribution in [1.82, 2.24) is 10.3 Å². The third kappa shape index (κ3) is 6.95.